The van der Waals surface area contributed by atoms with Gasteiger partial charge in [-0.05, 0) is 23.8 Å². The van der Waals surface area contributed by atoms with Crippen molar-refractivity contribution in [1.82, 2.24) is 5.48 Å². The van der Waals surface area contributed by atoms with Gasteiger partial charge in [0.25, 0.3) is 0 Å². The zero-order chi connectivity index (χ0) is 13.1. The molecule has 1 unspecified atom stereocenters. The van der Waals surface area contributed by atoms with Gasteiger partial charge in [0, 0.05) is 12.0 Å². The van der Waals surface area contributed by atoms with E-state index in [1.165, 1.54) is 5.56 Å². The van der Waals surface area contributed by atoms with Crippen molar-refractivity contribution in [3.8, 4) is 5.75 Å². The highest BCUT2D eigenvalue weighted by Crippen LogP contribution is 2.23. The summed E-state index contributed by atoms with van der Waals surface area (Å²) in [6.07, 6.45) is 2.89. The van der Waals surface area contributed by atoms with Crippen LogP contribution >= 0.6 is 0 Å². The van der Waals surface area contributed by atoms with Gasteiger partial charge in [0.2, 0.25) is 0 Å². The number of hydrogen-bond acceptors (Lipinski definition) is 3. The lowest BCUT2D eigenvalue weighted by atomic mass is 10.1. The van der Waals surface area contributed by atoms with Gasteiger partial charge in [-0.25, -0.2) is 0 Å². The minimum absolute atomic E-state index is 0.0137. The van der Waals surface area contributed by atoms with Crippen LogP contribution in [0.5, 0.6) is 5.75 Å². The van der Waals surface area contributed by atoms with E-state index in [2.05, 4.69) is 17.6 Å². The van der Waals surface area contributed by atoms with E-state index in [1.54, 1.807) is 12.1 Å². The Morgan fingerprint density at radius 2 is 1.89 bits per heavy atom. The lowest BCUT2D eigenvalue weighted by molar-refractivity contribution is 0.0519. The molecule has 0 saturated heterocycles. The highest BCUT2D eigenvalue weighted by Gasteiger charge is 2.17. The highest BCUT2D eigenvalue weighted by molar-refractivity contribution is 5.66. The van der Waals surface area contributed by atoms with Crippen molar-refractivity contribution in [2.45, 2.75) is 12.5 Å². The molecule has 0 saturated carbocycles. The first-order valence-electron chi connectivity index (χ1n) is 6.28. The molecule has 0 aromatic heterocycles. The van der Waals surface area contributed by atoms with E-state index in [4.69, 9.17) is 4.84 Å². The van der Waals surface area contributed by atoms with Crippen LogP contribution in [0.2, 0.25) is 0 Å². The van der Waals surface area contributed by atoms with Gasteiger partial charge in [-0.1, -0.05) is 42.5 Å². The number of rotatable bonds is 3. The van der Waals surface area contributed by atoms with Gasteiger partial charge in [-0.15, -0.1) is 0 Å². The van der Waals surface area contributed by atoms with Crippen LogP contribution in [0.4, 0.5) is 0 Å². The van der Waals surface area contributed by atoms with Crippen molar-refractivity contribution in [3.05, 3.63) is 71.8 Å². The average Bonchev–Trinajstić information content (AvgIpc) is 2.88. The van der Waals surface area contributed by atoms with Gasteiger partial charge in [0.1, 0.15) is 11.9 Å². The number of aromatic hydroxyl groups is 1. The lowest BCUT2D eigenvalue weighted by Gasteiger charge is -2.07. The van der Waals surface area contributed by atoms with Gasteiger partial charge in [-0.2, -0.15) is 0 Å². The van der Waals surface area contributed by atoms with Gasteiger partial charge >= 0.3 is 0 Å². The molecule has 1 aliphatic heterocycles. The van der Waals surface area contributed by atoms with Crippen LogP contribution in [-0.4, -0.2) is 11.2 Å². The molecular weight excluding hydrogens is 238 g/mol. The second-order valence-corrected chi connectivity index (χ2v) is 4.58. The molecule has 2 N–H and O–H groups in total. The van der Waals surface area contributed by atoms with Crippen LogP contribution < -0.4 is 5.48 Å². The summed E-state index contributed by atoms with van der Waals surface area (Å²) in [5.74, 6) is 0.256. The Balaban J connectivity index is 1.74. The molecule has 1 aliphatic rings. The number of hydroxylamine groups is 1. The van der Waals surface area contributed by atoms with Crippen LogP contribution in [-0.2, 0) is 11.3 Å². The molecule has 19 heavy (non-hydrogen) atoms. The number of phenolic OH excluding ortho intramolecular Hbond substituents is 1. The van der Waals surface area contributed by atoms with E-state index in [-0.39, 0.29) is 11.9 Å². The first-order chi connectivity index (χ1) is 9.31. The highest BCUT2D eigenvalue weighted by atomic mass is 16.7. The minimum atomic E-state index is 0.0137. The molecule has 1 atom stereocenters. The largest absolute Gasteiger partial charge is 0.508 e. The van der Waals surface area contributed by atoms with Crippen molar-refractivity contribution in [2.75, 3.05) is 0 Å². The van der Waals surface area contributed by atoms with E-state index < -0.39 is 0 Å². The molecule has 0 fully saturated rings. The summed E-state index contributed by atoms with van der Waals surface area (Å²) in [6, 6.07) is 17.4. The quantitative estimate of drug-likeness (QED) is 0.883. The fraction of sp³-hybridized carbons (Fsp3) is 0.125. The maximum Gasteiger partial charge on any atom is 0.116 e. The Labute approximate surface area is 112 Å². The van der Waals surface area contributed by atoms with Gasteiger partial charge in [0.15, 0.2) is 0 Å². The van der Waals surface area contributed by atoms with Crippen molar-refractivity contribution in [1.29, 1.82) is 0 Å². The molecular formula is C16H15NO2. The zero-order valence-electron chi connectivity index (χ0n) is 10.4. The third kappa shape index (κ3) is 2.77. The molecule has 3 heteroatoms. The normalized spacial score (nSPS) is 17.9. The van der Waals surface area contributed by atoms with E-state index >= 15 is 0 Å². The molecule has 1 heterocycles. The van der Waals surface area contributed by atoms with Crippen LogP contribution in [0.15, 0.2) is 60.7 Å². The molecule has 0 bridgehead atoms. The van der Waals surface area contributed by atoms with Crippen LogP contribution in [0, 0.1) is 0 Å². The van der Waals surface area contributed by atoms with E-state index in [1.807, 2.05) is 36.4 Å². The number of benzene rings is 2. The topological polar surface area (TPSA) is 41.5 Å². The third-order valence-corrected chi connectivity index (χ3v) is 3.11. The van der Waals surface area contributed by atoms with Gasteiger partial charge < -0.3 is 5.11 Å². The molecule has 3 nitrogen and oxygen atoms in total. The number of nitrogens with one attached hydrogen (secondary N) is 1. The summed E-state index contributed by atoms with van der Waals surface area (Å²) in [7, 11) is 0. The molecule has 2 aromatic carbocycles. The van der Waals surface area contributed by atoms with Crippen LogP contribution in [0.25, 0.3) is 5.70 Å². The first kappa shape index (κ1) is 11.8. The van der Waals surface area contributed by atoms with Gasteiger partial charge in [-0.3, -0.25) is 10.3 Å². The summed E-state index contributed by atoms with van der Waals surface area (Å²) in [5.41, 5.74) is 5.99. The second-order valence-electron chi connectivity index (χ2n) is 4.58. The summed E-state index contributed by atoms with van der Waals surface area (Å²) in [5, 5.41) is 9.48. The minimum Gasteiger partial charge on any atom is -0.508 e. The smallest absolute Gasteiger partial charge is 0.116 e. The van der Waals surface area contributed by atoms with Crippen LogP contribution in [0.3, 0.4) is 0 Å². The molecule has 96 valence electrons. The fourth-order valence-corrected chi connectivity index (χ4v) is 2.17. The average molecular weight is 253 g/mol. The Morgan fingerprint density at radius 1 is 1.05 bits per heavy atom. The van der Waals surface area contributed by atoms with Crippen molar-refractivity contribution < 1.29 is 9.94 Å². The second kappa shape index (κ2) is 5.16. The summed E-state index contributed by atoms with van der Waals surface area (Å²) in [4.78, 5) is 5.54. The van der Waals surface area contributed by atoms with Crippen molar-refractivity contribution in [2.24, 2.45) is 0 Å². The number of phenols is 1. The SMILES string of the molecule is Oc1cccc(C2=CC(Cc3ccccc3)ON2)c1. The molecule has 0 aliphatic carbocycles. The Bertz CT molecular complexity index is 593. The predicted molar refractivity (Wildman–Crippen MR) is 74.2 cm³/mol. The monoisotopic (exact) mass is 253 g/mol. The Hall–Kier alpha value is -2.26. The first-order valence-corrected chi connectivity index (χ1v) is 6.28. The number of hydrogen-bond donors (Lipinski definition) is 2. The Kier molecular flexibility index (Phi) is 3.21. The van der Waals surface area contributed by atoms with Crippen molar-refractivity contribution in [3.63, 3.8) is 0 Å². The van der Waals surface area contributed by atoms with Crippen molar-refractivity contribution >= 4 is 5.70 Å². The van der Waals surface area contributed by atoms with Gasteiger partial charge in [0.05, 0.1) is 5.70 Å². The summed E-state index contributed by atoms with van der Waals surface area (Å²) in [6.45, 7) is 0. The fourth-order valence-electron chi connectivity index (χ4n) is 2.17. The molecule has 0 spiro atoms. The Morgan fingerprint density at radius 3 is 2.68 bits per heavy atom. The van der Waals surface area contributed by atoms with E-state index in [0.29, 0.717) is 0 Å². The standard InChI is InChI=1S/C16H15NO2/c18-14-8-4-7-13(10-14)16-11-15(19-17-16)9-12-5-2-1-3-6-12/h1-8,10-11,15,17-18H,9H2. The maximum absolute atomic E-state index is 9.48. The van der Waals surface area contributed by atoms with Crippen LogP contribution in [0.1, 0.15) is 11.1 Å². The maximum atomic E-state index is 9.48. The lowest BCUT2D eigenvalue weighted by Crippen LogP contribution is -2.14. The third-order valence-electron chi connectivity index (χ3n) is 3.11. The molecule has 3 rings (SSSR count). The van der Waals surface area contributed by atoms with E-state index in [9.17, 15) is 5.11 Å². The molecule has 0 radical (unpaired) electrons. The predicted octanol–water partition coefficient (Wildman–Crippen LogP) is 2.88. The van der Waals surface area contributed by atoms with E-state index in [0.717, 1.165) is 17.7 Å². The summed E-state index contributed by atoms with van der Waals surface area (Å²) < 4.78 is 0. The zero-order valence-corrected chi connectivity index (χ0v) is 10.4. The molecule has 0 amide bonds. The molecule has 2 aromatic rings. The summed E-state index contributed by atoms with van der Waals surface area (Å²) >= 11 is 0.